The molecule has 0 radical (unpaired) electrons. The predicted molar refractivity (Wildman–Crippen MR) is 143 cm³/mol. The van der Waals surface area contributed by atoms with Crippen molar-refractivity contribution in [2.75, 3.05) is 19.8 Å². The Morgan fingerprint density at radius 2 is 1.79 bits per heavy atom. The second-order valence-corrected chi connectivity index (χ2v) is 10.3. The van der Waals surface area contributed by atoms with Gasteiger partial charge in [0.05, 0.1) is 12.6 Å². The van der Waals surface area contributed by atoms with E-state index in [2.05, 4.69) is 5.32 Å². The topological polar surface area (TPSA) is 105 Å². The number of rotatable bonds is 9. The Bertz CT molecular complexity index is 1240. The van der Waals surface area contributed by atoms with Crippen LogP contribution in [0.2, 0.25) is 0 Å². The molecule has 0 aromatic heterocycles. The van der Waals surface area contributed by atoms with Crippen LogP contribution in [0.25, 0.3) is 0 Å². The number of nitrogens with zero attached hydrogens (tertiary/aromatic N) is 2. The van der Waals surface area contributed by atoms with Crippen molar-refractivity contribution in [3.63, 3.8) is 0 Å². The highest BCUT2D eigenvalue weighted by molar-refractivity contribution is 6.05. The molecular formula is C30H35N3O6. The summed E-state index contributed by atoms with van der Waals surface area (Å²) in [6, 6.07) is 12.6. The van der Waals surface area contributed by atoms with Crippen LogP contribution in [0.4, 0.5) is 0 Å². The number of fused-ring (bicyclic) bond motifs is 1. The lowest BCUT2D eigenvalue weighted by Gasteiger charge is -2.35. The fraction of sp³-hybridized carbons (Fsp3) is 0.467. The average molecular weight is 534 g/mol. The van der Waals surface area contributed by atoms with Gasteiger partial charge in [-0.05, 0) is 80.5 Å². The van der Waals surface area contributed by atoms with Gasteiger partial charge in [0.2, 0.25) is 17.7 Å². The molecule has 0 spiro atoms. The van der Waals surface area contributed by atoms with Crippen molar-refractivity contribution in [3.05, 3.63) is 59.2 Å². The maximum Gasteiger partial charge on any atom is 0.255 e. The smallest absolute Gasteiger partial charge is 0.255 e. The van der Waals surface area contributed by atoms with Gasteiger partial charge in [0.1, 0.15) is 24.1 Å². The number of nitrogens with one attached hydrogen (secondary N) is 1. The molecule has 206 valence electrons. The van der Waals surface area contributed by atoms with E-state index in [1.54, 1.807) is 12.1 Å². The third-order valence-electron chi connectivity index (χ3n) is 7.75. The van der Waals surface area contributed by atoms with Crippen LogP contribution >= 0.6 is 0 Å². The highest BCUT2D eigenvalue weighted by atomic mass is 16.5. The van der Waals surface area contributed by atoms with Gasteiger partial charge in [-0.3, -0.25) is 24.5 Å². The van der Waals surface area contributed by atoms with Crippen molar-refractivity contribution in [2.45, 2.75) is 70.5 Å². The molecule has 2 aromatic rings. The molecule has 9 nitrogen and oxygen atoms in total. The molecule has 2 fully saturated rings. The van der Waals surface area contributed by atoms with E-state index in [4.69, 9.17) is 9.47 Å². The van der Waals surface area contributed by atoms with Crippen LogP contribution in [-0.2, 0) is 27.3 Å². The van der Waals surface area contributed by atoms with Crippen LogP contribution in [0.1, 0.15) is 66.9 Å². The molecule has 2 saturated heterocycles. The van der Waals surface area contributed by atoms with Crippen molar-refractivity contribution in [3.8, 4) is 11.5 Å². The lowest BCUT2D eigenvalue weighted by atomic mass is 10.0. The normalized spacial score (nSPS) is 21.0. The maximum atomic E-state index is 13.1. The summed E-state index contributed by atoms with van der Waals surface area (Å²) in [7, 11) is 0. The number of benzene rings is 2. The second-order valence-electron chi connectivity index (χ2n) is 10.3. The number of carbonyl (C=O) groups excluding carboxylic acids is 4. The molecule has 1 unspecified atom stereocenters. The van der Waals surface area contributed by atoms with Crippen LogP contribution in [-0.4, -0.2) is 65.3 Å². The van der Waals surface area contributed by atoms with Gasteiger partial charge < -0.3 is 19.3 Å². The molecule has 0 saturated carbocycles. The molecule has 2 atom stereocenters. The van der Waals surface area contributed by atoms with E-state index in [-0.39, 0.29) is 30.2 Å². The molecule has 3 aliphatic rings. The van der Waals surface area contributed by atoms with Crippen LogP contribution in [0.5, 0.6) is 11.5 Å². The molecule has 4 amide bonds. The quantitative estimate of drug-likeness (QED) is 0.496. The van der Waals surface area contributed by atoms with Gasteiger partial charge in [-0.2, -0.15) is 0 Å². The van der Waals surface area contributed by atoms with E-state index in [0.717, 1.165) is 42.7 Å². The zero-order chi connectivity index (χ0) is 27.4. The first kappa shape index (κ1) is 26.7. The molecule has 3 aliphatic heterocycles. The molecule has 9 heteroatoms. The van der Waals surface area contributed by atoms with Gasteiger partial charge in [0.25, 0.3) is 5.91 Å². The van der Waals surface area contributed by atoms with Gasteiger partial charge in [-0.25, -0.2) is 0 Å². The lowest BCUT2D eigenvalue weighted by Crippen LogP contribution is -2.52. The van der Waals surface area contributed by atoms with Crippen LogP contribution in [0, 0.1) is 0 Å². The molecular weight excluding hydrogens is 498 g/mol. The summed E-state index contributed by atoms with van der Waals surface area (Å²) in [4.78, 5) is 53.4. The van der Waals surface area contributed by atoms with E-state index in [1.807, 2.05) is 42.2 Å². The number of amides is 4. The summed E-state index contributed by atoms with van der Waals surface area (Å²) in [5, 5.41) is 2.33. The van der Waals surface area contributed by atoms with Gasteiger partial charge in [-0.1, -0.05) is 12.1 Å². The highest BCUT2D eigenvalue weighted by Gasteiger charge is 2.39. The Morgan fingerprint density at radius 3 is 2.56 bits per heavy atom. The molecule has 3 heterocycles. The first-order chi connectivity index (χ1) is 18.9. The summed E-state index contributed by atoms with van der Waals surface area (Å²) in [6.45, 7) is 4.00. The van der Waals surface area contributed by atoms with E-state index >= 15 is 0 Å². The second kappa shape index (κ2) is 11.9. The zero-order valence-corrected chi connectivity index (χ0v) is 22.3. The largest absolute Gasteiger partial charge is 0.494 e. The number of aryl methyl sites for hydroxylation is 1. The van der Waals surface area contributed by atoms with Gasteiger partial charge in [-0.15, -0.1) is 0 Å². The first-order valence-electron chi connectivity index (χ1n) is 13.8. The Morgan fingerprint density at radius 1 is 1.00 bits per heavy atom. The van der Waals surface area contributed by atoms with Crippen molar-refractivity contribution >= 4 is 23.6 Å². The van der Waals surface area contributed by atoms with Crippen molar-refractivity contribution in [2.24, 2.45) is 0 Å². The molecule has 1 N–H and O–H groups in total. The van der Waals surface area contributed by atoms with Crippen LogP contribution < -0.4 is 14.8 Å². The Balaban J connectivity index is 1.16. The molecule has 2 aromatic carbocycles. The van der Waals surface area contributed by atoms with Crippen molar-refractivity contribution in [1.29, 1.82) is 0 Å². The predicted octanol–water partition coefficient (Wildman–Crippen LogP) is 3.24. The van der Waals surface area contributed by atoms with Crippen LogP contribution in [0.15, 0.2) is 42.5 Å². The lowest BCUT2D eigenvalue weighted by molar-refractivity contribution is -0.137. The third kappa shape index (κ3) is 6.08. The number of ether oxygens (including phenoxy) is 2. The zero-order valence-electron chi connectivity index (χ0n) is 22.3. The number of piperidine rings is 2. The van der Waals surface area contributed by atoms with Gasteiger partial charge in [0, 0.05) is 31.5 Å². The molecule has 5 rings (SSSR count). The summed E-state index contributed by atoms with van der Waals surface area (Å²) in [5.41, 5.74) is 2.46. The number of carbonyl (C=O) groups is 4. The van der Waals surface area contributed by atoms with Gasteiger partial charge in [0.15, 0.2) is 0 Å². The number of hydrogen-bond acceptors (Lipinski definition) is 6. The number of imide groups is 1. The SMILES string of the molecule is CCOc1ccc(CCC(=O)N2CCCC[C@@H]2COc2ccc3c(c2)CN(C2CCC(=O)NC2=O)C3=O)cc1. The average Bonchev–Trinajstić information content (AvgIpc) is 3.27. The summed E-state index contributed by atoms with van der Waals surface area (Å²) in [5.74, 6) is 0.676. The van der Waals surface area contributed by atoms with Crippen LogP contribution in [0.3, 0.4) is 0 Å². The molecule has 39 heavy (non-hydrogen) atoms. The van der Waals surface area contributed by atoms with E-state index in [1.165, 1.54) is 4.90 Å². The van der Waals surface area contributed by atoms with E-state index < -0.39 is 11.9 Å². The fourth-order valence-corrected chi connectivity index (χ4v) is 5.65. The minimum absolute atomic E-state index is 0.00133. The van der Waals surface area contributed by atoms with E-state index in [0.29, 0.717) is 50.3 Å². The Labute approximate surface area is 228 Å². The monoisotopic (exact) mass is 533 g/mol. The van der Waals surface area contributed by atoms with Gasteiger partial charge >= 0.3 is 0 Å². The summed E-state index contributed by atoms with van der Waals surface area (Å²) < 4.78 is 11.6. The molecule has 0 aliphatic carbocycles. The van der Waals surface area contributed by atoms with Crippen molar-refractivity contribution < 1.29 is 28.7 Å². The summed E-state index contributed by atoms with van der Waals surface area (Å²) in [6.07, 6.45) is 4.61. The number of likely N-dealkylation sites (tertiary alicyclic amines) is 1. The third-order valence-corrected chi connectivity index (χ3v) is 7.75. The summed E-state index contributed by atoms with van der Waals surface area (Å²) >= 11 is 0. The Kier molecular flexibility index (Phi) is 8.14. The minimum atomic E-state index is -0.642. The first-order valence-corrected chi connectivity index (χ1v) is 13.8. The highest BCUT2D eigenvalue weighted by Crippen LogP contribution is 2.30. The maximum absolute atomic E-state index is 13.1. The molecule has 0 bridgehead atoms. The number of hydrogen-bond donors (Lipinski definition) is 1. The minimum Gasteiger partial charge on any atom is -0.494 e. The Hall–Kier alpha value is -3.88. The van der Waals surface area contributed by atoms with Crippen molar-refractivity contribution in [1.82, 2.24) is 15.1 Å². The fourth-order valence-electron chi connectivity index (χ4n) is 5.65. The standard InChI is InChI=1S/C30H35N3O6/c1-2-38-23-9-6-20(7-10-23)8-15-28(35)32-16-4-3-5-22(32)19-39-24-11-12-25-21(17-24)18-33(30(25)37)26-13-14-27(34)31-29(26)36/h6-7,9-12,17,22,26H,2-5,8,13-16,18-19H2,1H3,(H,31,34,36)/t22-,26?/m1/s1. The van der Waals surface area contributed by atoms with E-state index in [9.17, 15) is 19.2 Å².